The van der Waals surface area contributed by atoms with E-state index in [4.69, 9.17) is 0 Å². The first-order chi connectivity index (χ1) is 21.1. The molecule has 0 spiro atoms. The molecule has 10 nitrogen and oxygen atoms in total. The molecule has 2 atom stereocenters. The lowest BCUT2D eigenvalue weighted by Crippen LogP contribution is -2.42. The Bertz CT molecular complexity index is 1520. The number of carboxylic acids is 2. The van der Waals surface area contributed by atoms with Gasteiger partial charge in [-0.3, -0.25) is 9.59 Å². The zero-order chi connectivity index (χ0) is 31.6. The zero-order valence-corrected chi connectivity index (χ0v) is 24.7. The molecule has 226 valence electrons. The summed E-state index contributed by atoms with van der Waals surface area (Å²) in [6, 6.07) is 22.9. The predicted octanol–water partition coefficient (Wildman–Crippen LogP) is 4.75. The molecule has 0 unspecified atom stereocenters. The van der Waals surface area contributed by atoms with Crippen LogP contribution in [0.1, 0.15) is 31.8 Å². The number of carbonyl (C=O) groups excluding carboxylic acids is 2. The highest BCUT2D eigenvalue weighted by molar-refractivity contribution is 8.76. The van der Waals surface area contributed by atoms with Gasteiger partial charge in [0.15, 0.2) is 0 Å². The number of phenolic OH excluding ortho intramolecular Hbond substituents is 2. The van der Waals surface area contributed by atoms with Crippen LogP contribution < -0.4 is 10.6 Å². The molecule has 6 N–H and O–H groups in total. The maximum atomic E-state index is 13.2. The van der Waals surface area contributed by atoms with E-state index < -0.39 is 35.8 Å². The van der Waals surface area contributed by atoms with Crippen molar-refractivity contribution in [3.63, 3.8) is 0 Å². The van der Waals surface area contributed by atoms with E-state index in [1.54, 1.807) is 72.8 Å². The molecule has 4 aromatic rings. The van der Waals surface area contributed by atoms with Crippen molar-refractivity contribution >= 4 is 45.3 Å². The minimum atomic E-state index is -1.22. The monoisotopic (exact) mass is 632 g/mol. The summed E-state index contributed by atoms with van der Waals surface area (Å²) in [5.41, 5.74) is 1.72. The zero-order valence-electron chi connectivity index (χ0n) is 23.0. The quantitative estimate of drug-likeness (QED) is 0.113. The molecule has 0 aliphatic carbocycles. The summed E-state index contributed by atoms with van der Waals surface area (Å²) >= 11 is 0. The average Bonchev–Trinajstić information content (AvgIpc) is 3.01. The number of aliphatic carboxylic acids is 2. The maximum Gasteiger partial charge on any atom is 0.326 e. The van der Waals surface area contributed by atoms with Crippen molar-refractivity contribution in [2.45, 2.75) is 34.7 Å². The number of phenols is 2. The topological polar surface area (TPSA) is 173 Å². The number of amides is 2. The minimum Gasteiger partial charge on any atom is -0.508 e. The van der Waals surface area contributed by atoms with Crippen molar-refractivity contribution in [3.05, 3.63) is 119 Å². The predicted molar refractivity (Wildman–Crippen MR) is 166 cm³/mol. The fourth-order valence-corrected chi connectivity index (χ4v) is 6.51. The molecule has 0 aromatic heterocycles. The molecule has 0 aliphatic rings. The summed E-state index contributed by atoms with van der Waals surface area (Å²) in [5, 5.41) is 43.5. The fourth-order valence-electron chi connectivity index (χ4n) is 4.15. The summed E-state index contributed by atoms with van der Waals surface area (Å²) in [4.78, 5) is 51.3. The molecular formula is C32H28N2O8S2. The molecule has 4 rings (SSSR count). The van der Waals surface area contributed by atoms with Gasteiger partial charge in [-0.15, -0.1) is 0 Å². The third-order valence-electron chi connectivity index (χ3n) is 6.44. The molecule has 0 saturated heterocycles. The number of aromatic hydroxyl groups is 2. The number of benzene rings is 4. The Morgan fingerprint density at radius 1 is 0.545 bits per heavy atom. The van der Waals surface area contributed by atoms with Crippen molar-refractivity contribution in [2.24, 2.45) is 0 Å². The molecule has 44 heavy (non-hydrogen) atoms. The Balaban J connectivity index is 1.45. The van der Waals surface area contributed by atoms with Gasteiger partial charge in [-0.1, -0.05) is 70.1 Å². The van der Waals surface area contributed by atoms with Crippen LogP contribution in [0.4, 0.5) is 0 Å². The highest BCUT2D eigenvalue weighted by Crippen LogP contribution is 2.40. The number of nitrogens with one attached hydrogen (secondary N) is 2. The molecule has 0 saturated carbocycles. The van der Waals surface area contributed by atoms with Gasteiger partial charge in [0.05, 0.1) is 11.1 Å². The lowest BCUT2D eigenvalue weighted by atomic mass is 10.1. The summed E-state index contributed by atoms with van der Waals surface area (Å²) in [6.45, 7) is 0. The summed E-state index contributed by atoms with van der Waals surface area (Å²) in [5.74, 6) is -3.52. The normalized spacial score (nSPS) is 12.1. The second-order valence-corrected chi connectivity index (χ2v) is 11.8. The summed E-state index contributed by atoms with van der Waals surface area (Å²) in [7, 11) is 2.38. The van der Waals surface area contributed by atoms with Gasteiger partial charge in [0.25, 0.3) is 11.8 Å². The molecular weight excluding hydrogens is 604 g/mol. The van der Waals surface area contributed by atoms with Crippen LogP contribution in [0.25, 0.3) is 0 Å². The van der Waals surface area contributed by atoms with Crippen LogP contribution in [-0.2, 0) is 22.4 Å². The van der Waals surface area contributed by atoms with Crippen LogP contribution in [0.15, 0.2) is 107 Å². The largest absolute Gasteiger partial charge is 0.508 e. The van der Waals surface area contributed by atoms with Gasteiger partial charge in [-0.25, -0.2) is 9.59 Å². The van der Waals surface area contributed by atoms with Crippen LogP contribution in [-0.4, -0.2) is 56.3 Å². The van der Waals surface area contributed by atoms with E-state index >= 15 is 0 Å². The second kappa shape index (κ2) is 15.0. The van der Waals surface area contributed by atoms with Gasteiger partial charge < -0.3 is 31.1 Å². The van der Waals surface area contributed by atoms with Crippen molar-refractivity contribution in [1.29, 1.82) is 0 Å². The Labute approximate surface area is 260 Å². The van der Waals surface area contributed by atoms with Crippen molar-refractivity contribution in [1.82, 2.24) is 10.6 Å². The van der Waals surface area contributed by atoms with Gasteiger partial charge >= 0.3 is 11.9 Å². The lowest BCUT2D eigenvalue weighted by Gasteiger charge is -2.17. The SMILES string of the molecule is O=C(N[C@@H](Cc1ccc(O)cc1)C(=O)O)c1ccccc1SSc1ccccc1C(=O)N[C@@H](Cc1ccc(O)cc1)C(=O)O. The standard InChI is InChI=1S/C32H28N2O8S2/c35-21-13-9-19(10-14-21)17-25(31(39)40)33-29(37)23-5-1-3-7-27(23)43-44-28-8-4-2-6-24(28)30(38)34-26(32(41)42)18-20-11-15-22(36)16-12-20/h1-16,25-26,35-36H,17-18H2,(H,33,37)(H,34,38)(H,39,40)(H,41,42)/t25-,26-/m0/s1. The third-order valence-corrected chi connectivity index (χ3v) is 8.93. The van der Waals surface area contributed by atoms with E-state index in [-0.39, 0.29) is 35.5 Å². The average molecular weight is 633 g/mol. The van der Waals surface area contributed by atoms with Gasteiger partial charge in [0.1, 0.15) is 23.6 Å². The lowest BCUT2D eigenvalue weighted by molar-refractivity contribution is -0.140. The van der Waals surface area contributed by atoms with Crippen LogP contribution in [0.2, 0.25) is 0 Å². The molecule has 0 fully saturated rings. The number of carbonyl (C=O) groups is 4. The Kier molecular flexibility index (Phi) is 10.9. The Morgan fingerprint density at radius 3 is 1.23 bits per heavy atom. The molecule has 0 heterocycles. The van der Waals surface area contributed by atoms with Crippen molar-refractivity contribution in [2.75, 3.05) is 0 Å². The number of carboxylic acid groups (broad SMARTS) is 2. The van der Waals surface area contributed by atoms with E-state index in [2.05, 4.69) is 10.6 Å². The smallest absolute Gasteiger partial charge is 0.326 e. The van der Waals surface area contributed by atoms with E-state index in [1.807, 2.05) is 0 Å². The molecule has 0 radical (unpaired) electrons. The van der Waals surface area contributed by atoms with Gasteiger partial charge in [0.2, 0.25) is 0 Å². The second-order valence-electron chi connectivity index (χ2n) is 9.63. The highest BCUT2D eigenvalue weighted by atomic mass is 33.1. The number of hydrogen-bond donors (Lipinski definition) is 6. The Hall–Kier alpha value is -4.94. The van der Waals surface area contributed by atoms with Gasteiger partial charge in [-0.05, 0) is 59.7 Å². The Morgan fingerprint density at radius 2 is 0.886 bits per heavy atom. The van der Waals surface area contributed by atoms with E-state index in [9.17, 15) is 39.6 Å². The van der Waals surface area contributed by atoms with Gasteiger partial charge in [0, 0.05) is 22.6 Å². The fraction of sp³-hybridized carbons (Fsp3) is 0.125. The van der Waals surface area contributed by atoms with Crippen molar-refractivity contribution < 1.29 is 39.6 Å². The third kappa shape index (κ3) is 8.79. The van der Waals surface area contributed by atoms with Gasteiger partial charge in [-0.2, -0.15) is 0 Å². The van der Waals surface area contributed by atoms with Crippen LogP contribution in [0.5, 0.6) is 11.5 Å². The first kappa shape index (κ1) is 32.0. The highest BCUT2D eigenvalue weighted by Gasteiger charge is 2.25. The molecule has 2 amide bonds. The first-order valence-corrected chi connectivity index (χ1v) is 15.4. The molecule has 12 heteroatoms. The van der Waals surface area contributed by atoms with E-state index in [0.29, 0.717) is 20.9 Å². The minimum absolute atomic E-state index is 0.0119. The van der Waals surface area contributed by atoms with Crippen molar-refractivity contribution in [3.8, 4) is 11.5 Å². The van der Waals surface area contributed by atoms with Crippen LogP contribution in [0, 0.1) is 0 Å². The molecule has 0 aliphatic heterocycles. The number of rotatable bonds is 13. The summed E-state index contributed by atoms with van der Waals surface area (Å²) in [6.07, 6.45) is 0.0238. The van der Waals surface area contributed by atoms with E-state index in [1.165, 1.54) is 45.9 Å². The number of hydrogen-bond acceptors (Lipinski definition) is 8. The first-order valence-electron chi connectivity index (χ1n) is 13.3. The van der Waals surface area contributed by atoms with Crippen LogP contribution >= 0.6 is 21.6 Å². The van der Waals surface area contributed by atoms with Crippen LogP contribution in [0.3, 0.4) is 0 Å². The molecule has 4 aromatic carbocycles. The maximum absolute atomic E-state index is 13.2. The van der Waals surface area contributed by atoms with E-state index in [0.717, 1.165) is 0 Å². The summed E-state index contributed by atoms with van der Waals surface area (Å²) < 4.78 is 0. The molecule has 0 bridgehead atoms.